The highest BCUT2D eigenvalue weighted by atomic mass is 19.1. The van der Waals surface area contributed by atoms with Crippen LogP contribution in [0.3, 0.4) is 0 Å². The van der Waals surface area contributed by atoms with Crippen molar-refractivity contribution < 1.29 is 28.1 Å². The van der Waals surface area contributed by atoms with E-state index in [0.717, 1.165) is 38.0 Å². The number of anilines is 3. The first-order valence-corrected chi connectivity index (χ1v) is 13.1. The third-order valence-corrected chi connectivity index (χ3v) is 6.58. The Morgan fingerprint density at radius 1 is 1.15 bits per heavy atom. The van der Waals surface area contributed by atoms with Crippen molar-refractivity contribution in [1.82, 2.24) is 14.9 Å². The number of hydrogen-bond donors (Lipinski definition) is 2. The molecule has 1 unspecified atom stereocenters. The second kappa shape index (κ2) is 12.6. The summed E-state index contributed by atoms with van der Waals surface area (Å²) < 4.78 is 36.8. The molecule has 39 heavy (non-hydrogen) atoms. The Morgan fingerprint density at radius 2 is 2.03 bits per heavy atom. The summed E-state index contributed by atoms with van der Waals surface area (Å²) in [5.74, 6) is 1.85. The van der Waals surface area contributed by atoms with Crippen LogP contribution in [0, 0.1) is 11.7 Å². The van der Waals surface area contributed by atoms with E-state index < -0.39 is 11.9 Å². The molecule has 2 aromatic carbocycles. The highest BCUT2D eigenvalue weighted by molar-refractivity contribution is 5.83. The van der Waals surface area contributed by atoms with Gasteiger partial charge in [0.2, 0.25) is 5.95 Å². The van der Waals surface area contributed by atoms with Gasteiger partial charge in [-0.25, -0.2) is 14.2 Å². The Bertz CT molecular complexity index is 1290. The number of hydrogen-bond acceptors (Lipinski definition) is 9. The molecule has 3 heterocycles. The second-order valence-corrected chi connectivity index (χ2v) is 9.43. The lowest BCUT2D eigenvalue weighted by atomic mass is 9.99. The number of aromatic nitrogens is 2. The van der Waals surface area contributed by atoms with Crippen molar-refractivity contribution >= 4 is 23.5 Å². The molecule has 1 atom stereocenters. The van der Waals surface area contributed by atoms with Crippen LogP contribution in [0.15, 0.2) is 48.7 Å². The zero-order valence-electron chi connectivity index (χ0n) is 21.8. The number of carbonyl (C=O) groups excluding carboxylic acids is 1. The lowest BCUT2D eigenvalue weighted by Gasteiger charge is -2.31. The summed E-state index contributed by atoms with van der Waals surface area (Å²) in [5, 5.41) is 5.52. The third-order valence-electron chi connectivity index (χ3n) is 6.58. The van der Waals surface area contributed by atoms with Gasteiger partial charge in [0, 0.05) is 30.4 Å². The molecule has 1 fully saturated rings. The van der Waals surface area contributed by atoms with Crippen molar-refractivity contribution in [3.63, 3.8) is 0 Å². The van der Waals surface area contributed by atoms with E-state index in [2.05, 4.69) is 32.4 Å². The van der Waals surface area contributed by atoms with Gasteiger partial charge < -0.3 is 29.2 Å². The molecule has 0 aliphatic carbocycles. The Balaban J connectivity index is 1.11. The Hall–Kier alpha value is -4.12. The fraction of sp³-hybridized carbons (Fsp3) is 0.393. The Morgan fingerprint density at radius 3 is 2.87 bits per heavy atom. The number of benzene rings is 2. The smallest absolute Gasteiger partial charge is 0.413 e. The van der Waals surface area contributed by atoms with Gasteiger partial charge in [-0.05, 0) is 61.8 Å². The molecule has 0 radical (unpaired) electrons. The summed E-state index contributed by atoms with van der Waals surface area (Å²) in [4.78, 5) is 23.1. The normalized spacial score (nSPS) is 16.8. The van der Waals surface area contributed by atoms with Crippen LogP contribution in [-0.2, 0) is 11.3 Å². The van der Waals surface area contributed by atoms with Crippen LogP contribution >= 0.6 is 0 Å². The molecule has 206 valence electrons. The van der Waals surface area contributed by atoms with E-state index in [1.807, 2.05) is 0 Å². The van der Waals surface area contributed by atoms with Crippen molar-refractivity contribution in [2.75, 3.05) is 50.1 Å². The minimum absolute atomic E-state index is 0.0456. The van der Waals surface area contributed by atoms with Crippen molar-refractivity contribution in [3.05, 3.63) is 60.0 Å². The van der Waals surface area contributed by atoms with Gasteiger partial charge in [0.25, 0.3) is 0 Å². The molecule has 1 aromatic heterocycles. The van der Waals surface area contributed by atoms with Crippen LogP contribution in [0.5, 0.6) is 17.2 Å². The number of carbonyl (C=O) groups is 1. The first-order valence-electron chi connectivity index (χ1n) is 13.1. The van der Waals surface area contributed by atoms with E-state index in [1.165, 1.54) is 18.3 Å². The quantitative estimate of drug-likeness (QED) is 0.390. The van der Waals surface area contributed by atoms with Crippen LogP contribution < -0.4 is 24.8 Å². The molecule has 1 saturated heterocycles. The zero-order chi connectivity index (χ0) is 27.0. The number of halogens is 1. The summed E-state index contributed by atoms with van der Waals surface area (Å²) in [6, 6.07) is 11.5. The van der Waals surface area contributed by atoms with Gasteiger partial charge in [0.1, 0.15) is 25.6 Å². The highest BCUT2D eigenvalue weighted by Gasteiger charge is 2.20. The number of nitrogens with zero attached hydrogens (tertiary/aromatic N) is 3. The molecule has 2 aliphatic rings. The lowest BCUT2D eigenvalue weighted by Crippen LogP contribution is -2.37. The maximum absolute atomic E-state index is 14.7. The second-order valence-electron chi connectivity index (χ2n) is 9.43. The molecular formula is C28H32FN5O5. The molecule has 0 bridgehead atoms. The summed E-state index contributed by atoms with van der Waals surface area (Å²) in [6.07, 6.45) is 3.02. The minimum atomic E-state index is -0.679. The van der Waals surface area contributed by atoms with Gasteiger partial charge in [-0.2, -0.15) is 4.98 Å². The summed E-state index contributed by atoms with van der Waals surface area (Å²) in [7, 11) is 0. The fourth-order valence-corrected chi connectivity index (χ4v) is 4.56. The predicted octanol–water partition coefficient (Wildman–Crippen LogP) is 4.99. The van der Waals surface area contributed by atoms with Crippen molar-refractivity contribution in [1.29, 1.82) is 0 Å². The van der Waals surface area contributed by atoms with E-state index in [-0.39, 0.29) is 24.1 Å². The molecule has 0 spiro atoms. The molecule has 11 heteroatoms. The Kier molecular flexibility index (Phi) is 8.57. The Labute approximate surface area is 226 Å². The average molecular weight is 538 g/mol. The van der Waals surface area contributed by atoms with Gasteiger partial charge in [-0.3, -0.25) is 5.32 Å². The molecular weight excluding hydrogens is 505 g/mol. The SMILES string of the molecule is CCN1CCCC(COc2ccc(Nc3nccc(NC(=O)OCc4ccc5c(c4)OCCO5)n3)cc2F)C1. The minimum Gasteiger partial charge on any atom is -0.490 e. The molecule has 0 saturated carbocycles. The van der Waals surface area contributed by atoms with E-state index in [9.17, 15) is 9.18 Å². The van der Waals surface area contributed by atoms with Crippen LogP contribution in [0.2, 0.25) is 0 Å². The molecule has 10 nitrogen and oxygen atoms in total. The highest BCUT2D eigenvalue weighted by Crippen LogP contribution is 2.31. The van der Waals surface area contributed by atoms with Crippen LogP contribution in [0.4, 0.5) is 26.6 Å². The number of amides is 1. The number of nitrogens with one attached hydrogen (secondary N) is 2. The average Bonchev–Trinajstić information content (AvgIpc) is 2.96. The van der Waals surface area contributed by atoms with Gasteiger partial charge >= 0.3 is 6.09 Å². The number of fused-ring (bicyclic) bond motifs is 1. The number of rotatable bonds is 9. The standard InChI is InChI=1S/C28H32FN5O5/c1-2-34-11-3-4-20(16-34)18-38-23-8-6-21(15-22(23)29)31-27-30-10-9-26(32-27)33-28(35)39-17-19-5-7-24-25(14-19)37-13-12-36-24/h5-10,14-15,20H,2-4,11-13,16-18H2,1H3,(H2,30,31,32,33,35). The summed E-state index contributed by atoms with van der Waals surface area (Å²) in [6.45, 7) is 6.78. The summed E-state index contributed by atoms with van der Waals surface area (Å²) in [5.41, 5.74) is 1.21. The topological polar surface area (TPSA) is 107 Å². The number of likely N-dealkylation sites (tertiary alicyclic amines) is 1. The zero-order valence-corrected chi connectivity index (χ0v) is 21.8. The van der Waals surface area contributed by atoms with Gasteiger partial charge in [-0.15, -0.1) is 0 Å². The predicted molar refractivity (Wildman–Crippen MR) is 143 cm³/mol. The van der Waals surface area contributed by atoms with Crippen LogP contribution in [0.1, 0.15) is 25.3 Å². The van der Waals surface area contributed by atoms with Crippen LogP contribution in [0.25, 0.3) is 0 Å². The van der Waals surface area contributed by atoms with Crippen molar-refractivity contribution in [2.24, 2.45) is 5.92 Å². The molecule has 1 amide bonds. The van der Waals surface area contributed by atoms with Gasteiger partial charge in [0.05, 0.1) is 6.61 Å². The molecule has 2 aliphatic heterocycles. The fourth-order valence-electron chi connectivity index (χ4n) is 4.56. The third kappa shape index (κ3) is 7.26. The summed E-state index contributed by atoms with van der Waals surface area (Å²) >= 11 is 0. The molecule has 3 aromatic rings. The van der Waals surface area contributed by atoms with Crippen LogP contribution in [-0.4, -0.2) is 60.4 Å². The van der Waals surface area contributed by atoms with Crippen molar-refractivity contribution in [3.8, 4) is 17.2 Å². The largest absolute Gasteiger partial charge is 0.490 e. The molecule has 2 N–H and O–H groups in total. The monoisotopic (exact) mass is 537 g/mol. The van der Waals surface area contributed by atoms with Gasteiger partial charge in [0.15, 0.2) is 23.1 Å². The maximum atomic E-state index is 14.7. The van der Waals surface area contributed by atoms with E-state index in [0.29, 0.717) is 42.9 Å². The van der Waals surface area contributed by atoms with E-state index in [1.54, 1.807) is 30.3 Å². The number of piperidine rings is 1. The molecule has 5 rings (SSSR count). The maximum Gasteiger partial charge on any atom is 0.413 e. The van der Waals surface area contributed by atoms with Crippen molar-refractivity contribution in [2.45, 2.75) is 26.4 Å². The first-order chi connectivity index (χ1) is 19.1. The number of ether oxygens (including phenoxy) is 4. The van der Waals surface area contributed by atoms with E-state index in [4.69, 9.17) is 18.9 Å². The van der Waals surface area contributed by atoms with E-state index >= 15 is 0 Å². The lowest BCUT2D eigenvalue weighted by molar-refractivity contribution is 0.132. The first kappa shape index (κ1) is 26.5. The van der Waals surface area contributed by atoms with Gasteiger partial charge in [-0.1, -0.05) is 13.0 Å².